The second kappa shape index (κ2) is 15.4. The van der Waals surface area contributed by atoms with Crippen molar-refractivity contribution in [3.05, 3.63) is 113 Å². The van der Waals surface area contributed by atoms with Gasteiger partial charge < -0.3 is 15.6 Å². The lowest BCUT2D eigenvalue weighted by molar-refractivity contribution is -0.124. The van der Waals surface area contributed by atoms with Crippen molar-refractivity contribution in [1.82, 2.24) is 26.0 Å². The first-order valence-electron chi connectivity index (χ1n) is 14.1. The third kappa shape index (κ3) is 9.06. The van der Waals surface area contributed by atoms with E-state index in [-0.39, 0.29) is 6.03 Å². The van der Waals surface area contributed by atoms with Crippen LogP contribution in [-0.2, 0) is 30.6 Å². The van der Waals surface area contributed by atoms with E-state index in [4.69, 9.17) is 5.21 Å². The molecule has 0 aliphatic carbocycles. The zero-order valence-electron chi connectivity index (χ0n) is 23.5. The molecule has 41 heavy (non-hydrogen) atoms. The number of rotatable bonds is 14. The Morgan fingerprint density at radius 2 is 1.59 bits per heavy atom. The number of aryl methyl sites for hydroxylation is 1. The lowest BCUT2D eigenvalue weighted by Crippen LogP contribution is -2.41. The highest BCUT2D eigenvalue weighted by molar-refractivity contribution is 5.90. The SMILES string of the molecule is CCc1ccccc1CCNC(=O)NCCN(CCc1c[nH]c2ccccc12)Cc1ccc(/C=C/C(=O)NO)cc1. The molecule has 8 heteroatoms. The van der Waals surface area contributed by atoms with Gasteiger partial charge in [0.1, 0.15) is 0 Å². The summed E-state index contributed by atoms with van der Waals surface area (Å²) in [6.45, 7) is 5.52. The molecular weight excluding hydrogens is 514 g/mol. The summed E-state index contributed by atoms with van der Waals surface area (Å²) in [4.78, 5) is 29.4. The number of hydrogen-bond acceptors (Lipinski definition) is 4. The maximum atomic E-state index is 12.5. The van der Waals surface area contributed by atoms with Gasteiger partial charge in [-0.3, -0.25) is 14.9 Å². The highest BCUT2D eigenvalue weighted by atomic mass is 16.5. The monoisotopic (exact) mass is 553 g/mol. The molecule has 4 rings (SSSR count). The van der Waals surface area contributed by atoms with Crippen LogP contribution in [0, 0.1) is 0 Å². The quantitative estimate of drug-likeness (QED) is 0.0875. The highest BCUT2D eigenvalue weighted by Gasteiger charge is 2.11. The summed E-state index contributed by atoms with van der Waals surface area (Å²) in [6, 6.07) is 24.5. The molecule has 0 aliphatic rings. The Balaban J connectivity index is 1.32. The maximum Gasteiger partial charge on any atom is 0.314 e. The van der Waals surface area contributed by atoms with Gasteiger partial charge >= 0.3 is 6.03 Å². The van der Waals surface area contributed by atoms with Crippen molar-refractivity contribution in [2.45, 2.75) is 32.7 Å². The predicted octanol–water partition coefficient (Wildman–Crippen LogP) is 4.84. The first kappa shape index (κ1) is 29.6. The number of amides is 3. The van der Waals surface area contributed by atoms with E-state index >= 15 is 0 Å². The molecule has 0 unspecified atom stereocenters. The second-order valence-corrected chi connectivity index (χ2v) is 9.99. The summed E-state index contributed by atoms with van der Waals surface area (Å²) in [5.74, 6) is -0.570. The van der Waals surface area contributed by atoms with Crippen LogP contribution in [0.1, 0.15) is 34.7 Å². The summed E-state index contributed by atoms with van der Waals surface area (Å²) in [5.41, 5.74) is 8.58. The molecule has 1 heterocycles. The Hall–Kier alpha value is -4.40. The molecule has 0 fully saturated rings. The Labute approximate surface area is 241 Å². The van der Waals surface area contributed by atoms with Gasteiger partial charge in [-0.2, -0.15) is 0 Å². The van der Waals surface area contributed by atoms with Crippen molar-refractivity contribution in [1.29, 1.82) is 0 Å². The zero-order chi connectivity index (χ0) is 28.9. The Bertz CT molecular complexity index is 1440. The van der Waals surface area contributed by atoms with Gasteiger partial charge in [0.15, 0.2) is 0 Å². The molecule has 0 aliphatic heterocycles. The number of carbonyl (C=O) groups excluding carboxylic acids is 2. The third-order valence-corrected chi connectivity index (χ3v) is 7.19. The molecule has 5 N–H and O–H groups in total. The van der Waals surface area contributed by atoms with Gasteiger partial charge in [-0.25, -0.2) is 10.3 Å². The van der Waals surface area contributed by atoms with Crippen LogP contribution in [0.25, 0.3) is 17.0 Å². The summed E-state index contributed by atoms with van der Waals surface area (Å²) >= 11 is 0. The maximum absolute atomic E-state index is 12.5. The Morgan fingerprint density at radius 3 is 2.37 bits per heavy atom. The van der Waals surface area contributed by atoms with Crippen molar-refractivity contribution in [2.75, 3.05) is 26.2 Å². The van der Waals surface area contributed by atoms with Gasteiger partial charge in [0, 0.05) is 55.9 Å². The molecule has 3 amide bonds. The number of para-hydroxylation sites is 1. The second-order valence-electron chi connectivity index (χ2n) is 9.99. The molecule has 0 saturated carbocycles. The third-order valence-electron chi connectivity index (χ3n) is 7.19. The minimum absolute atomic E-state index is 0.154. The topological polar surface area (TPSA) is 109 Å². The molecule has 3 aromatic carbocycles. The predicted molar refractivity (Wildman–Crippen MR) is 164 cm³/mol. The van der Waals surface area contributed by atoms with Gasteiger partial charge in [-0.05, 0) is 59.2 Å². The molecule has 0 spiro atoms. The number of benzene rings is 3. The molecule has 1 aromatic heterocycles. The molecule has 0 bridgehead atoms. The number of hydrogen-bond donors (Lipinski definition) is 5. The average Bonchev–Trinajstić information content (AvgIpc) is 3.42. The standard InChI is InChI=1S/C33H39N5O3/c1-2-27-7-3-4-8-28(27)17-19-34-33(40)35-20-22-38(21-18-29-23-36-31-10-6-5-9-30(29)31)24-26-13-11-25(12-14-26)15-16-32(39)37-41/h3-16,23,36,41H,2,17-22,24H2,1H3,(H,37,39)(H2,34,35,40)/b16-15+. The lowest BCUT2D eigenvalue weighted by Gasteiger charge is -2.23. The number of nitrogens with one attached hydrogen (secondary N) is 4. The summed E-state index contributed by atoms with van der Waals surface area (Å²) in [5, 5.41) is 15.9. The van der Waals surface area contributed by atoms with E-state index in [0.717, 1.165) is 49.0 Å². The molecule has 0 saturated heterocycles. The number of urea groups is 1. The van der Waals surface area contributed by atoms with E-state index in [2.05, 4.69) is 70.0 Å². The Kier molecular flexibility index (Phi) is 11.1. The number of aromatic amines is 1. The van der Waals surface area contributed by atoms with Gasteiger partial charge in [-0.15, -0.1) is 0 Å². The van der Waals surface area contributed by atoms with Crippen molar-refractivity contribution < 1.29 is 14.8 Å². The van der Waals surface area contributed by atoms with Crippen molar-refractivity contribution in [3.63, 3.8) is 0 Å². The fourth-order valence-corrected chi connectivity index (χ4v) is 4.94. The molecule has 0 atom stereocenters. The Morgan fingerprint density at radius 1 is 0.854 bits per heavy atom. The van der Waals surface area contributed by atoms with Crippen LogP contribution in [-0.4, -0.2) is 53.2 Å². The van der Waals surface area contributed by atoms with Crippen LogP contribution >= 0.6 is 0 Å². The summed E-state index contributed by atoms with van der Waals surface area (Å²) < 4.78 is 0. The van der Waals surface area contributed by atoms with Gasteiger partial charge in [0.05, 0.1) is 0 Å². The van der Waals surface area contributed by atoms with Gasteiger partial charge in [-0.1, -0.05) is 73.7 Å². The number of nitrogens with zero attached hydrogens (tertiary/aromatic N) is 1. The van der Waals surface area contributed by atoms with E-state index in [0.29, 0.717) is 19.6 Å². The average molecular weight is 554 g/mol. The van der Waals surface area contributed by atoms with Gasteiger partial charge in [0.2, 0.25) is 0 Å². The van der Waals surface area contributed by atoms with E-state index in [1.165, 1.54) is 28.2 Å². The van der Waals surface area contributed by atoms with Crippen LogP contribution in [0.15, 0.2) is 85.1 Å². The molecule has 8 nitrogen and oxygen atoms in total. The number of carbonyl (C=O) groups is 2. The van der Waals surface area contributed by atoms with E-state index in [9.17, 15) is 9.59 Å². The van der Waals surface area contributed by atoms with E-state index in [1.54, 1.807) is 11.6 Å². The number of aromatic nitrogens is 1. The van der Waals surface area contributed by atoms with E-state index in [1.807, 2.05) is 36.4 Å². The van der Waals surface area contributed by atoms with Crippen molar-refractivity contribution in [2.24, 2.45) is 0 Å². The van der Waals surface area contributed by atoms with Crippen LogP contribution in [0.3, 0.4) is 0 Å². The van der Waals surface area contributed by atoms with E-state index < -0.39 is 5.91 Å². The smallest absolute Gasteiger partial charge is 0.314 e. The van der Waals surface area contributed by atoms with Crippen LogP contribution in [0.5, 0.6) is 0 Å². The minimum atomic E-state index is -0.570. The highest BCUT2D eigenvalue weighted by Crippen LogP contribution is 2.19. The van der Waals surface area contributed by atoms with Crippen molar-refractivity contribution >= 4 is 28.9 Å². The van der Waals surface area contributed by atoms with Crippen LogP contribution in [0.4, 0.5) is 4.79 Å². The van der Waals surface area contributed by atoms with Gasteiger partial charge in [0.25, 0.3) is 5.91 Å². The zero-order valence-corrected chi connectivity index (χ0v) is 23.5. The first-order chi connectivity index (χ1) is 20.1. The first-order valence-corrected chi connectivity index (χ1v) is 14.1. The largest absolute Gasteiger partial charge is 0.361 e. The normalized spacial score (nSPS) is 11.3. The fourth-order valence-electron chi connectivity index (χ4n) is 4.94. The number of hydroxylamine groups is 1. The van der Waals surface area contributed by atoms with Crippen LogP contribution in [0.2, 0.25) is 0 Å². The molecule has 214 valence electrons. The number of fused-ring (bicyclic) bond motifs is 1. The molecule has 4 aromatic rings. The lowest BCUT2D eigenvalue weighted by atomic mass is 10.0. The minimum Gasteiger partial charge on any atom is -0.361 e. The molecule has 0 radical (unpaired) electrons. The summed E-state index contributed by atoms with van der Waals surface area (Å²) in [7, 11) is 0. The summed E-state index contributed by atoms with van der Waals surface area (Å²) in [6.07, 6.45) is 7.68. The van der Waals surface area contributed by atoms with Crippen LogP contribution < -0.4 is 16.1 Å². The fraction of sp³-hybridized carbons (Fsp3) is 0.273. The number of H-pyrrole nitrogens is 1. The van der Waals surface area contributed by atoms with Crippen molar-refractivity contribution in [3.8, 4) is 0 Å². The molecular formula is C33H39N5O3.